The van der Waals surface area contributed by atoms with Crippen LogP contribution in [0, 0.1) is 0 Å². The first-order chi connectivity index (χ1) is 9.27. The number of nitrogens with one attached hydrogen (secondary N) is 2. The van der Waals surface area contributed by atoms with Crippen LogP contribution in [0.15, 0.2) is 4.90 Å². The Kier molecular flexibility index (Phi) is 4.11. The fourth-order valence-corrected chi connectivity index (χ4v) is 3.99. The van der Waals surface area contributed by atoms with Gasteiger partial charge in [0.2, 0.25) is 0 Å². The molecule has 0 aliphatic heterocycles. The highest BCUT2D eigenvalue weighted by atomic mass is 35.7. The largest absolute Gasteiger partial charge is 0.345 e. The van der Waals surface area contributed by atoms with Gasteiger partial charge in [0.1, 0.15) is 4.90 Å². The van der Waals surface area contributed by atoms with Crippen LogP contribution in [0.4, 0.5) is 0 Å². The Morgan fingerprint density at radius 2 is 2.05 bits per heavy atom. The van der Waals surface area contributed by atoms with Crippen LogP contribution < -0.4 is 5.32 Å². The third-order valence-corrected chi connectivity index (χ3v) is 5.12. The third kappa shape index (κ3) is 2.98. The van der Waals surface area contributed by atoms with Crippen molar-refractivity contribution in [3.05, 3.63) is 11.4 Å². The molecule has 8 heteroatoms. The van der Waals surface area contributed by atoms with Gasteiger partial charge in [0, 0.05) is 16.2 Å². The Morgan fingerprint density at radius 3 is 2.55 bits per heavy atom. The van der Waals surface area contributed by atoms with Crippen molar-refractivity contribution < 1.29 is 13.2 Å². The van der Waals surface area contributed by atoms with Crippen LogP contribution in [-0.4, -0.2) is 30.1 Å². The number of aromatic amines is 1. The van der Waals surface area contributed by atoms with Gasteiger partial charge in [0.05, 0.1) is 5.69 Å². The molecule has 0 saturated heterocycles. The molecule has 20 heavy (non-hydrogen) atoms. The Hall–Kier alpha value is -1.08. The number of carbonyl (C=O) groups is 1. The van der Waals surface area contributed by atoms with Crippen molar-refractivity contribution in [3.63, 3.8) is 0 Å². The number of carbonyl (C=O) groups excluding carboxylic acids is 1. The van der Waals surface area contributed by atoms with Gasteiger partial charge in [0.25, 0.3) is 15.0 Å². The molecule has 0 aromatic carbocycles. The van der Waals surface area contributed by atoms with Gasteiger partial charge in [-0.15, -0.1) is 0 Å². The Bertz CT molecular complexity index is 618. The maximum atomic E-state index is 12.3. The van der Waals surface area contributed by atoms with E-state index in [2.05, 4.69) is 15.5 Å². The average molecular weight is 320 g/mol. The average Bonchev–Trinajstić information content (AvgIpc) is 2.93. The predicted octanol–water partition coefficient (Wildman–Crippen LogP) is 1.96. The lowest BCUT2D eigenvalue weighted by molar-refractivity contribution is 0.0899. The second-order valence-corrected chi connectivity index (χ2v) is 7.90. The van der Waals surface area contributed by atoms with Crippen molar-refractivity contribution in [1.29, 1.82) is 0 Å². The number of aryl methyl sites for hydroxylation is 1. The van der Waals surface area contributed by atoms with Crippen LogP contribution in [0.1, 0.15) is 55.7 Å². The number of halogens is 1. The summed E-state index contributed by atoms with van der Waals surface area (Å²) in [6.07, 6.45) is 4.27. The highest BCUT2D eigenvalue weighted by Gasteiger charge is 2.34. The molecule has 1 aliphatic carbocycles. The highest BCUT2D eigenvalue weighted by molar-refractivity contribution is 8.13. The number of amides is 1. The van der Waals surface area contributed by atoms with Crippen LogP contribution >= 0.6 is 10.7 Å². The molecule has 0 atom stereocenters. The summed E-state index contributed by atoms with van der Waals surface area (Å²) in [7, 11) is 1.40. The predicted molar refractivity (Wildman–Crippen MR) is 75.3 cm³/mol. The first-order valence-corrected chi connectivity index (χ1v) is 8.92. The van der Waals surface area contributed by atoms with Crippen LogP contribution in [0.3, 0.4) is 0 Å². The van der Waals surface area contributed by atoms with Gasteiger partial charge in [-0.1, -0.05) is 19.8 Å². The van der Waals surface area contributed by atoms with Crippen LogP contribution in [-0.2, 0) is 15.5 Å². The zero-order valence-electron chi connectivity index (χ0n) is 11.5. The normalized spacial score (nSPS) is 18.1. The highest BCUT2D eigenvalue weighted by Crippen LogP contribution is 2.30. The van der Waals surface area contributed by atoms with E-state index < -0.39 is 15.0 Å². The molecule has 0 radical (unpaired) electrons. The minimum Gasteiger partial charge on any atom is -0.345 e. The molecule has 1 amide bonds. The van der Waals surface area contributed by atoms with Crippen LogP contribution in [0.5, 0.6) is 0 Å². The molecule has 0 bridgehead atoms. The van der Waals surface area contributed by atoms with E-state index in [4.69, 9.17) is 10.7 Å². The molecule has 1 aromatic heterocycles. The number of aromatic nitrogens is 2. The molecule has 1 saturated carbocycles. The maximum Gasteiger partial charge on any atom is 0.273 e. The first kappa shape index (κ1) is 15.3. The molecule has 1 heterocycles. The van der Waals surface area contributed by atoms with E-state index in [0.29, 0.717) is 12.1 Å². The molecule has 112 valence electrons. The lowest BCUT2D eigenvalue weighted by Gasteiger charge is -2.24. The number of hydrogen-bond acceptors (Lipinski definition) is 4. The molecule has 2 N–H and O–H groups in total. The summed E-state index contributed by atoms with van der Waals surface area (Å²) in [5, 5.41) is 9.28. The zero-order valence-corrected chi connectivity index (χ0v) is 13.1. The van der Waals surface area contributed by atoms with Crippen molar-refractivity contribution in [2.24, 2.45) is 0 Å². The van der Waals surface area contributed by atoms with Gasteiger partial charge in [-0.2, -0.15) is 5.10 Å². The van der Waals surface area contributed by atoms with Gasteiger partial charge in [-0.25, -0.2) is 8.42 Å². The van der Waals surface area contributed by atoms with E-state index >= 15 is 0 Å². The molecule has 1 aromatic rings. The quantitative estimate of drug-likeness (QED) is 0.830. The summed E-state index contributed by atoms with van der Waals surface area (Å²) in [5.74, 6) is -0.496. The van der Waals surface area contributed by atoms with E-state index in [1.807, 2.05) is 6.92 Å². The summed E-state index contributed by atoms with van der Waals surface area (Å²) in [5.41, 5.74) is -0.0952. The number of rotatable bonds is 4. The van der Waals surface area contributed by atoms with Gasteiger partial charge in [-0.05, 0) is 26.2 Å². The van der Waals surface area contributed by atoms with Crippen molar-refractivity contribution in [2.75, 3.05) is 0 Å². The van der Waals surface area contributed by atoms with Gasteiger partial charge in [-0.3, -0.25) is 9.89 Å². The fourth-order valence-electron chi connectivity index (χ4n) is 2.64. The lowest BCUT2D eigenvalue weighted by Crippen LogP contribution is -2.44. The number of H-pyrrole nitrogens is 1. The van der Waals surface area contributed by atoms with E-state index in [1.54, 1.807) is 6.92 Å². The molecule has 0 spiro atoms. The molecule has 0 unspecified atom stereocenters. The van der Waals surface area contributed by atoms with E-state index in [-0.39, 0.29) is 16.1 Å². The van der Waals surface area contributed by atoms with Gasteiger partial charge >= 0.3 is 0 Å². The molecular weight excluding hydrogens is 302 g/mol. The third-order valence-electron chi connectivity index (χ3n) is 3.73. The van der Waals surface area contributed by atoms with Gasteiger partial charge in [0.15, 0.2) is 5.69 Å². The summed E-state index contributed by atoms with van der Waals surface area (Å²) >= 11 is 0. The Balaban J connectivity index is 2.33. The van der Waals surface area contributed by atoms with E-state index in [1.165, 1.54) is 0 Å². The molecule has 1 aliphatic rings. The summed E-state index contributed by atoms with van der Waals surface area (Å²) < 4.78 is 23.3. The van der Waals surface area contributed by atoms with E-state index in [9.17, 15) is 13.2 Å². The minimum atomic E-state index is -4.01. The van der Waals surface area contributed by atoms with Crippen LogP contribution in [0.25, 0.3) is 0 Å². The second kappa shape index (κ2) is 5.37. The Labute approximate surface area is 122 Å². The standard InChI is InChI=1S/C12H18ClN3O3S/c1-3-8-10(20(13,18)19)9(16-15-8)11(17)14-12(2)6-4-5-7-12/h3-7H2,1-2H3,(H,14,17)(H,15,16). The topological polar surface area (TPSA) is 91.9 Å². The molecule has 1 fully saturated rings. The minimum absolute atomic E-state index is 0.148. The van der Waals surface area contributed by atoms with E-state index in [0.717, 1.165) is 25.7 Å². The SMILES string of the molecule is CCc1[nH]nc(C(=O)NC2(C)CCCC2)c1S(=O)(=O)Cl. The Morgan fingerprint density at radius 1 is 1.45 bits per heavy atom. The number of hydrogen-bond donors (Lipinski definition) is 2. The number of nitrogens with zero attached hydrogens (tertiary/aromatic N) is 1. The summed E-state index contributed by atoms with van der Waals surface area (Å²) in [6, 6.07) is 0. The molecule has 6 nitrogen and oxygen atoms in total. The zero-order chi connectivity index (χ0) is 15.0. The summed E-state index contributed by atoms with van der Waals surface area (Å²) in [6.45, 7) is 3.72. The summed E-state index contributed by atoms with van der Waals surface area (Å²) in [4.78, 5) is 12.1. The fraction of sp³-hybridized carbons (Fsp3) is 0.667. The van der Waals surface area contributed by atoms with Crippen molar-refractivity contribution in [2.45, 2.75) is 56.4 Å². The second-order valence-electron chi connectivity index (χ2n) is 5.39. The first-order valence-electron chi connectivity index (χ1n) is 6.61. The maximum absolute atomic E-state index is 12.3. The van der Waals surface area contributed by atoms with Crippen molar-refractivity contribution in [1.82, 2.24) is 15.5 Å². The van der Waals surface area contributed by atoms with Crippen molar-refractivity contribution in [3.8, 4) is 0 Å². The van der Waals surface area contributed by atoms with Crippen molar-refractivity contribution >= 4 is 25.6 Å². The lowest BCUT2D eigenvalue weighted by atomic mass is 10.0. The van der Waals surface area contributed by atoms with Crippen LogP contribution in [0.2, 0.25) is 0 Å². The molecule has 2 rings (SSSR count). The monoisotopic (exact) mass is 319 g/mol. The molecular formula is C12H18ClN3O3S. The van der Waals surface area contributed by atoms with Gasteiger partial charge < -0.3 is 5.32 Å². The smallest absolute Gasteiger partial charge is 0.273 e.